The highest BCUT2D eigenvalue weighted by atomic mass is 16.4. The monoisotopic (exact) mass is 301 g/mol. The van der Waals surface area contributed by atoms with Crippen molar-refractivity contribution in [2.24, 2.45) is 5.73 Å². The van der Waals surface area contributed by atoms with Crippen molar-refractivity contribution in [2.75, 3.05) is 0 Å². The Hall–Kier alpha value is -2.96. The molecule has 2 aromatic rings. The number of nitrogens with two attached hydrogens (primary N) is 1. The molecule has 0 aliphatic rings. The van der Waals surface area contributed by atoms with Crippen LogP contribution in [0.3, 0.4) is 0 Å². The van der Waals surface area contributed by atoms with Crippen molar-refractivity contribution in [3.05, 3.63) is 42.1 Å². The van der Waals surface area contributed by atoms with E-state index in [9.17, 15) is 14.4 Å². The fourth-order valence-electron chi connectivity index (χ4n) is 1.97. The van der Waals surface area contributed by atoms with Gasteiger partial charge in [0.05, 0.1) is 5.52 Å². The van der Waals surface area contributed by atoms with Gasteiger partial charge in [-0.3, -0.25) is 9.59 Å². The summed E-state index contributed by atoms with van der Waals surface area (Å²) in [7, 11) is 0. The van der Waals surface area contributed by atoms with Crippen LogP contribution in [0.25, 0.3) is 10.9 Å². The molecule has 0 spiro atoms. The first-order valence-corrected chi connectivity index (χ1v) is 6.65. The number of carboxylic acid groups (broad SMARTS) is 1. The highest BCUT2D eigenvalue weighted by Gasteiger charge is 2.21. The molecule has 7 nitrogen and oxygen atoms in total. The number of para-hydroxylation sites is 1. The minimum absolute atomic E-state index is 0.0655. The van der Waals surface area contributed by atoms with Crippen LogP contribution in [0, 0.1) is 0 Å². The Morgan fingerprint density at radius 3 is 2.59 bits per heavy atom. The van der Waals surface area contributed by atoms with E-state index in [1.807, 2.05) is 12.1 Å². The van der Waals surface area contributed by atoms with Crippen molar-refractivity contribution >= 4 is 28.7 Å². The summed E-state index contributed by atoms with van der Waals surface area (Å²) in [5.41, 5.74) is 5.74. The molecule has 7 heteroatoms. The first kappa shape index (κ1) is 15.4. The molecule has 4 N–H and O–H groups in total. The number of aromatic nitrogens is 1. The Kier molecular flexibility index (Phi) is 4.67. The second-order valence-corrected chi connectivity index (χ2v) is 4.76. The number of pyridine rings is 1. The number of nitrogens with zero attached hydrogens (tertiary/aromatic N) is 1. The van der Waals surface area contributed by atoms with Crippen LogP contribution in [0.15, 0.2) is 36.4 Å². The summed E-state index contributed by atoms with van der Waals surface area (Å²) < 4.78 is 0. The molecule has 1 aromatic carbocycles. The number of benzene rings is 1. The molecule has 114 valence electrons. The number of hydrogen-bond donors (Lipinski definition) is 3. The highest BCUT2D eigenvalue weighted by molar-refractivity contribution is 5.97. The van der Waals surface area contributed by atoms with Crippen molar-refractivity contribution in [1.29, 1.82) is 0 Å². The molecular weight excluding hydrogens is 286 g/mol. The highest BCUT2D eigenvalue weighted by Crippen LogP contribution is 2.12. The van der Waals surface area contributed by atoms with Crippen LogP contribution in [-0.4, -0.2) is 33.9 Å². The summed E-state index contributed by atoms with van der Waals surface area (Å²) in [5.74, 6) is -2.46. The smallest absolute Gasteiger partial charge is 0.326 e. The maximum Gasteiger partial charge on any atom is 0.326 e. The molecule has 2 rings (SSSR count). The Labute approximate surface area is 126 Å². The van der Waals surface area contributed by atoms with Crippen LogP contribution in [0.1, 0.15) is 23.3 Å². The number of aliphatic carboxylic acids is 1. The van der Waals surface area contributed by atoms with Crippen molar-refractivity contribution in [1.82, 2.24) is 10.3 Å². The van der Waals surface area contributed by atoms with Gasteiger partial charge in [-0.2, -0.15) is 0 Å². The van der Waals surface area contributed by atoms with Gasteiger partial charge in [-0.05, 0) is 18.6 Å². The zero-order valence-corrected chi connectivity index (χ0v) is 11.7. The minimum Gasteiger partial charge on any atom is -0.480 e. The largest absolute Gasteiger partial charge is 0.480 e. The van der Waals surface area contributed by atoms with Crippen molar-refractivity contribution in [2.45, 2.75) is 18.9 Å². The number of hydrogen-bond acceptors (Lipinski definition) is 4. The first-order valence-electron chi connectivity index (χ1n) is 6.65. The van der Waals surface area contributed by atoms with Gasteiger partial charge in [0.2, 0.25) is 5.91 Å². The summed E-state index contributed by atoms with van der Waals surface area (Å²) in [4.78, 5) is 38.1. The number of carboxylic acids is 1. The number of carbonyl (C=O) groups excluding carboxylic acids is 2. The van der Waals surface area contributed by atoms with E-state index < -0.39 is 23.8 Å². The number of fused-ring (bicyclic) bond motifs is 1. The molecule has 1 heterocycles. The lowest BCUT2D eigenvalue weighted by molar-refractivity contribution is -0.139. The maximum absolute atomic E-state index is 12.1. The predicted molar refractivity (Wildman–Crippen MR) is 79.1 cm³/mol. The van der Waals surface area contributed by atoms with E-state index in [0.717, 1.165) is 5.39 Å². The topological polar surface area (TPSA) is 122 Å². The number of primary amides is 1. The van der Waals surface area contributed by atoms with Gasteiger partial charge in [-0.15, -0.1) is 0 Å². The molecular formula is C15H15N3O4. The average Bonchev–Trinajstić information content (AvgIpc) is 2.50. The summed E-state index contributed by atoms with van der Waals surface area (Å²) in [5, 5.41) is 12.3. The van der Waals surface area contributed by atoms with Crippen LogP contribution >= 0.6 is 0 Å². The fraction of sp³-hybridized carbons (Fsp3) is 0.200. The second kappa shape index (κ2) is 6.66. The van der Waals surface area contributed by atoms with Gasteiger partial charge < -0.3 is 16.2 Å². The lowest BCUT2D eigenvalue weighted by atomic mass is 10.1. The number of amides is 2. The van der Waals surface area contributed by atoms with E-state index in [2.05, 4.69) is 10.3 Å². The Bertz CT molecular complexity index is 730. The normalized spacial score (nSPS) is 11.8. The standard InChI is InChI=1S/C15H15N3O4/c16-13(19)8-7-12(15(21)22)18-14(20)11-6-5-9-3-1-2-4-10(9)17-11/h1-6,12H,7-8H2,(H2,16,19)(H,18,20)(H,21,22)/t12-/m0/s1. The summed E-state index contributed by atoms with van der Waals surface area (Å²) in [6.07, 6.45) is -0.188. The average molecular weight is 301 g/mol. The Morgan fingerprint density at radius 2 is 1.91 bits per heavy atom. The minimum atomic E-state index is -1.23. The van der Waals surface area contributed by atoms with E-state index in [-0.39, 0.29) is 18.5 Å². The van der Waals surface area contributed by atoms with Crippen LogP contribution in [0.5, 0.6) is 0 Å². The molecule has 0 saturated heterocycles. The molecule has 22 heavy (non-hydrogen) atoms. The Balaban J connectivity index is 2.14. The predicted octanol–water partition coefficient (Wildman–Crippen LogP) is 0.683. The number of carbonyl (C=O) groups is 3. The quantitative estimate of drug-likeness (QED) is 0.724. The van der Waals surface area contributed by atoms with Gasteiger partial charge in [0.1, 0.15) is 11.7 Å². The van der Waals surface area contributed by atoms with Crippen LogP contribution in [-0.2, 0) is 9.59 Å². The van der Waals surface area contributed by atoms with E-state index in [4.69, 9.17) is 10.8 Å². The molecule has 0 aliphatic heterocycles. The van der Waals surface area contributed by atoms with E-state index in [1.54, 1.807) is 18.2 Å². The summed E-state index contributed by atoms with van der Waals surface area (Å²) >= 11 is 0. The van der Waals surface area contributed by atoms with Gasteiger partial charge in [0, 0.05) is 11.8 Å². The molecule has 1 atom stereocenters. The molecule has 0 fully saturated rings. The fourth-order valence-corrected chi connectivity index (χ4v) is 1.97. The summed E-state index contributed by atoms with van der Waals surface area (Å²) in [6.45, 7) is 0. The number of nitrogens with one attached hydrogen (secondary N) is 1. The summed E-state index contributed by atoms with van der Waals surface area (Å²) in [6, 6.07) is 9.33. The first-order chi connectivity index (χ1) is 10.5. The molecule has 0 saturated carbocycles. The van der Waals surface area contributed by atoms with Crippen LogP contribution < -0.4 is 11.1 Å². The molecule has 0 bridgehead atoms. The van der Waals surface area contributed by atoms with Gasteiger partial charge in [-0.25, -0.2) is 9.78 Å². The van der Waals surface area contributed by atoms with Crippen molar-refractivity contribution in [3.8, 4) is 0 Å². The van der Waals surface area contributed by atoms with Crippen LogP contribution in [0.2, 0.25) is 0 Å². The van der Waals surface area contributed by atoms with Crippen LogP contribution in [0.4, 0.5) is 0 Å². The molecule has 1 aromatic heterocycles. The van der Waals surface area contributed by atoms with Gasteiger partial charge in [0.25, 0.3) is 5.91 Å². The van der Waals surface area contributed by atoms with E-state index in [0.29, 0.717) is 5.52 Å². The van der Waals surface area contributed by atoms with E-state index in [1.165, 1.54) is 6.07 Å². The van der Waals surface area contributed by atoms with Crippen molar-refractivity contribution < 1.29 is 19.5 Å². The van der Waals surface area contributed by atoms with Crippen molar-refractivity contribution in [3.63, 3.8) is 0 Å². The lowest BCUT2D eigenvalue weighted by Crippen LogP contribution is -2.41. The third kappa shape index (κ3) is 3.78. The maximum atomic E-state index is 12.1. The van der Waals surface area contributed by atoms with E-state index >= 15 is 0 Å². The Morgan fingerprint density at radius 1 is 1.18 bits per heavy atom. The lowest BCUT2D eigenvalue weighted by Gasteiger charge is -2.13. The zero-order valence-electron chi connectivity index (χ0n) is 11.7. The zero-order chi connectivity index (χ0) is 16.1. The molecule has 2 amide bonds. The number of rotatable bonds is 6. The molecule has 0 unspecified atom stereocenters. The molecule has 0 aliphatic carbocycles. The third-order valence-corrected chi connectivity index (χ3v) is 3.11. The van der Waals surface area contributed by atoms with Gasteiger partial charge >= 0.3 is 5.97 Å². The molecule has 0 radical (unpaired) electrons. The second-order valence-electron chi connectivity index (χ2n) is 4.76. The van der Waals surface area contributed by atoms with Gasteiger partial charge in [-0.1, -0.05) is 24.3 Å². The third-order valence-electron chi connectivity index (χ3n) is 3.11. The van der Waals surface area contributed by atoms with Gasteiger partial charge in [0.15, 0.2) is 0 Å². The SMILES string of the molecule is NC(=O)CC[C@H](NC(=O)c1ccc2ccccc2n1)C(=O)O.